The maximum Gasteiger partial charge on any atom is 0.347 e. The quantitative estimate of drug-likeness (QED) is 0.389. The summed E-state index contributed by atoms with van der Waals surface area (Å²) in [6, 6.07) is 0. The normalized spacial score (nSPS) is 10.5. The first-order valence-electron chi connectivity index (χ1n) is 2.60. The van der Waals surface area contributed by atoms with Crippen molar-refractivity contribution in [3.63, 3.8) is 0 Å². The van der Waals surface area contributed by atoms with Gasteiger partial charge in [-0.2, -0.15) is 0 Å². The number of thiazole rings is 1. The number of oxime groups is 1. The average molecular weight is 172 g/mol. The molecule has 0 bridgehead atoms. The molecule has 11 heavy (non-hydrogen) atoms. The van der Waals surface area contributed by atoms with Crippen molar-refractivity contribution in [2.75, 3.05) is 0 Å². The van der Waals surface area contributed by atoms with Crippen molar-refractivity contribution in [1.82, 2.24) is 4.98 Å². The molecule has 5 nitrogen and oxygen atoms in total. The lowest BCUT2D eigenvalue weighted by Gasteiger charge is -1.79. The van der Waals surface area contributed by atoms with Crippen molar-refractivity contribution in [2.45, 2.75) is 0 Å². The minimum atomic E-state index is -1.03. The van der Waals surface area contributed by atoms with Crippen molar-refractivity contribution in [2.24, 2.45) is 5.16 Å². The van der Waals surface area contributed by atoms with E-state index in [1.54, 1.807) is 0 Å². The molecule has 0 aliphatic rings. The van der Waals surface area contributed by atoms with Gasteiger partial charge in [0.15, 0.2) is 0 Å². The van der Waals surface area contributed by atoms with Crippen LogP contribution in [0.25, 0.3) is 0 Å². The summed E-state index contributed by atoms with van der Waals surface area (Å²) in [5.74, 6) is -1.03. The largest absolute Gasteiger partial charge is 0.477 e. The molecule has 0 amide bonds. The average Bonchev–Trinajstić information content (AvgIpc) is 2.37. The molecule has 0 aliphatic carbocycles. The Kier molecular flexibility index (Phi) is 2.17. The molecule has 1 rings (SSSR count). The third kappa shape index (κ3) is 1.74. The summed E-state index contributed by atoms with van der Waals surface area (Å²) in [6.45, 7) is 0. The van der Waals surface area contributed by atoms with Crippen LogP contribution in [0.3, 0.4) is 0 Å². The topological polar surface area (TPSA) is 82.8 Å². The third-order valence-corrected chi connectivity index (χ3v) is 1.82. The summed E-state index contributed by atoms with van der Waals surface area (Å²) in [5, 5.41) is 19.6. The molecule has 0 fully saturated rings. The Labute approximate surface area is 65.6 Å². The maximum absolute atomic E-state index is 10.3. The smallest absolute Gasteiger partial charge is 0.347 e. The molecule has 0 unspecified atom stereocenters. The van der Waals surface area contributed by atoms with Gasteiger partial charge in [0, 0.05) is 0 Å². The van der Waals surface area contributed by atoms with Gasteiger partial charge < -0.3 is 10.3 Å². The predicted octanol–water partition coefficient (Wildman–Crippen LogP) is 0.649. The van der Waals surface area contributed by atoms with Crippen LogP contribution in [0.1, 0.15) is 14.7 Å². The molecule has 0 saturated carbocycles. The lowest BCUT2D eigenvalue weighted by Crippen LogP contribution is -1.89. The number of hydrogen-bond acceptors (Lipinski definition) is 5. The zero-order valence-corrected chi connectivity index (χ0v) is 6.08. The van der Waals surface area contributed by atoms with Gasteiger partial charge in [-0.15, -0.1) is 11.3 Å². The molecule has 0 spiro atoms. The van der Waals surface area contributed by atoms with Gasteiger partial charge in [-0.3, -0.25) is 0 Å². The molecule has 0 atom stereocenters. The summed E-state index contributed by atoms with van der Waals surface area (Å²) in [7, 11) is 0. The van der Waals surface area contributed by atoms with Crippen LogP contribution < -0.4 is 0 Å². The van der Waals surface area contributed by atoms with Gasteiger partial charge in [0.1, 0.15) is 16.1 Å². The molecule has 2 N–H and O–H groups in total. The first kappa shape index (κ1) is 7.67. The van der Waals surface area contributed by atoms with E-state index in [-0.39, 0.29) is 4.88 Å². The Bertz CT molecular complexity index is 294. The van der Waals surface area contributed by atoms with Crippen LogP contribution in [0.5, 0.6) is 0 Å². The van der Waals surface area contributed by atoms with Gasteiger partial charge in [0.25, 0.3) is 0 Å². The summed E-state index contributed by atoms with van der Waals surface area (Å²) in [5.41, 5.74) is 0. The fraction of sp³-hybridized carbons (Fsp3) is 0. The summed E-state index contributed by atoms with van der Waals surface area (Å²) >= 11 is 0.946. The number of carbonyl (C=O) groups is 1. The standard InChI is InChI=1S/C5H4N2O3S/c8-5(9)3-1-6-4(11-3)2-7-10/h1-2,10H,(H,8,9)/b7-2+. The zero-order valence-electron chi connectivity index (χ0n) is 5.26. The maximum atomic E-state index is 10.3. The van der Waals surface area contributed by atoms with E-state index in [1.165, 1.54) is 6.20 Å². The number of rotatable bonds is 2. The van der Waals surface area contributed by atoms with Crippen LogP contribution >= 0.6 is 11.3 Å². The molecule has 1 aromatic rings. The molecule has 6 heteroatoms. The van der Waals surface area contributed by atoms with Crippen LogP contribution in [0, 0.1) is 0 Å². The second-order valence-corrected chi connectivity index (χ2v) is 2.67. The van der Waals surface area contributed by atoms with E-state index in [4.69, 9.17) is 10.3 Å². The number of aromatic carboxylic acids is 1. The van der Waals surface area contributed by atoms with E-state index in [9.17, 15) is 4.79 Å². The molecular weight excluding hydrogens is 168 g/mol. The first-order chi connectivity index (χ1) is 5.24. The number of carboxylic acids is 1. The Morgan fingerprint density at radius 1 is 1.82 bits per heavy atom. The minimum absolute atomic E-state index is 0.125. The van der Waals surface area contributed by atoms with Crippen LogP contribution in [-0.4, -0.2) is 27.5 Å². The molecular formula is C5H4N2O3S. The van der Waals surface area contributed by atoms with E-state index in [0.717, 1.165) is 17.6 Å². The van der Waals surface area contributed by atoms with Crippen LogP contribution in [0.2, 0.25) is 0 Å². The fourth-order valence-corrected chi connectivity index (χ4v) is 1.12. The monoisotopic (exact) mass is 172 g/mol. The van der Waals surface area contributed by atoms with E-state index in [0.29, 0.717) is 5.01 Å². The lowest BCUT2D eigenvalue weighted by atomic mass is 10.6. The number of hydrogen-bond donors (Lipinski definition) is 2. The highest BCUT2D eigenvalue weighted by Crippen LogP contribution is 2.10. The second kappa shape index (κ2) is 3.11. The Morgan fingerprint density at radius 2 is 2.55 bits per heavy atom. The molecule has 0 saturated heterocycles. The van der Waals surface area contributed by atoms with E-state index in [1.807, 2.05) is 0 Å². The zero-order chi connectivity index (χ0) is 8.27. The summed E-state index contributed by atoms with van der Waals surface area (Å²) in [6.07, 6.45) is 2.29. The highest BCUT2D eigenvalue weighted by atomic mass is 32.1. The summed E-state index contributed by atoms with van der Waals surface area (Å²) in [4.78, 5) is 14.1. The second-order valence-electron chi connectivity index (χ2n) is 1.61. The Morgan fingerprint density at radius 3 is 3.00 bits per heavy atom. The van der Waals surface area contributed by atoms with Gasteiger partial charge in [0.05, 0.1) is 6.20 Å². The van der Waals surface area contributed by atoms with E-state index >= 15 is 0 Å². The molecule has 0 aromatic carbocycles. The Balaban J connectivity index is 2.90. The van der Waals surface area contributed by atoms with Crippen molar-refractivity contribution in [3.05, 3.63) is 16.1 Å². The van der Waals surface area contributed by atoms with Crippen LogP contribution in [0.4, 0.5) is 0 Å². The van der Waals surface area contributed by atoms with E-state index < -0.39 is 5.97 Å². The first-order valence-corrected chi connectivity index (χ1v) is 3.42. The fourth-order valence-electron chi connectivity index (χ4n) is 0.496. The van der Waals surface area contributed by atoms with Gasteiger partial charge in [0.2, 0.25) is 0 Å². The van der Waals surface area contributed by atoms with Gasteiger partial charge in [-0.05, 0) is 0 Å². The van der Waals surface area contributed by atoms with Gasteiger partial charge in [-0.1, -0.05) is 5.16 Å². The number of aromatic nitrogens is 1. The van der Waals surface area contributed by atoms with Crippen molar-refractivity contribution >= 4 is 23.5 Å². The molecule has 0 radical (unpaired) electrons. The molecule has 58 valence electrons. The summed E-state index contributed by atoms with van der Waals surface area (Å²) < 4.78 is 0. The van der Waals surface area contributed by atoms with Gasteiger partial charge >= 0.3 is 5.97 Å². The van der Waals surface area contributed by atoms with Crippen LogP contribution in [-0.2, 0) is 0 Å². The van der Waals surface area contributed by atoms with Crippen molar-refractivity contribution < 1.29 is 15.1 Å². The molecule has 0 aliphatic heterocycles. The SMILES string of the molecule is O=C(O)c1cnc(/C=N/O)s1. The molecule has 1 aromatic heterocycles. The molecule has 1 heterocycles. The van der Waals surface area contributed by atoms with Crippen molar-refractivity contribution in [3.8, 4) is 0 Å². The van der Waals surface area contributed by atoms with E-state index in [2.05, 4.69) is 10.1 Å². The van der Waals surface area contributed by atoms with Crippen LogP contribution in [0.15, 0.2) is 11.4 Å². The highest BCUT2D eigenvalue weighted by Gasteiger charge is 2.06. The minimum Gasteiger partial charge on any atom is -0.477 e. The third-order valence-electron chi connectivity index (χ3n) is 0.903. The Hall–Kier alpha value is -1.43. The number of carboxylic acid groups (broad SMARTS) is 1. The van der Waals surface area contributed by atoms with Crippen molar-refractivity contribution in [1.29, 1.82) is 0 Å². The highest BCUT2D eigenvalue weighted by molar-refractivity contribution is 7.15. The van der Waals surface area contributed by atoms with Gasteiger partial charge in [-0.25, -0.2) is 9.78 Å². The number of nitrogens with zero attached hydrogens (tertiary/aromatic N) is 2. The lowest BCUT2D eigenvalue weighted by molar-refractivity contribution is 0.0702. The predicted molar refractivity (Wildman–Crippen MR) is 38.5 cm³/mol.